The molecule has 0 radical (unpaired) electrons. The summed E-state index contributed by atoms with van der Waals surface area (Å²) in [7, 11) is 0. The van der Waals surface area contributed by atoms with Crippen LogP contribution in [-0.4, -0.2) is 11.0 Å². The van der Waals surface area contributed by atoms with Gasteiger partial charge >= 0.3 is 0 Å². The number of nitrogens with one attached hydrogen (secondary N) is 1. The molecule has 0 aliphatic rings. The van der Waals surface area contributed by atoms with Gasteiger partial charge in [-0.3, -0.25) is 4.79 Å². The smallest absolute Gasteiger partial charge is 0.262 e. The minimum absolute atomic E-state index is 0.261. The zero-order chi connectivity index (χ0) is 14.7. The first kappa shape index (κ1) is 13.5. The normalized spacial score (nSPS) is 9.85. The first-order chi connectivity index (χ1) is 9.51. The predicted octanol–water partition coefficient (Wildman–Crippen LogP) is 2.79. The van der Waals surface area contributed by atoms with Crippen molar-refractivity contribution >= 4 is 11.6 Å². The number of carbonyl (C=O) groups excluding carboxylic acids is 1. The van der Waals surface area contributed by atoms with Crippen LogP contribution in [0.4, 0.5) is 14.5 Å². The van der Waals surface area contributed by atoms with Crippen LogP contribution in [0.25, 0.3) is 0 Å². The molecule has 0 spiro atoms. The summed E-state index contributed by atoms with van der Waals surface area (Å²) >= 11 is 0. The number of benzene rings is 2. The quantitative estimate of drug-likeness (QED) is 0.884. The first-order valence-electron chi connectivity index (χ1n) is 5.51. The van der Waals surface area contributed by atoms with Crippen LogP contribution in [0.2, 0.25) is 0 Å². The Balaban J connectivity index is 2.31. The van der Waals surface area contributed by atoms with Crippen molar-refractivity contribution in [1.82, 2.24) is 0 Å². The van der Waals surface area contributed by atoms with E-state index in [2.05, 4.69) is 5.32 Å². The van der Waals surface area contributed by atoms with E-state index in [1.165, 1.54) is 24.3 Å². The van der Waals surface area contributed by atoms with Gasteiger partial charge in [0.15, 0.2) is 0 Å². The van der Waals surface area contributed by atoms with Crippen LogP contribution in [0, 0.1) is 23.0 Å². The summed E-state index contributed by atoms with van der Waals surface area (Å²) in [5.74, 6) is -3.88. The highest BCUT2D eigenvalue weighted by molar-refractivity contribution is 6.06. The van der Waals surface area contributed by atoms with E-state index in [-0.39, 0.29) is 5.69 Å². The third kappa shape index (κ3) is 2.72. The fraction of sp³-hybridized carbons (Fsp3) is 0. The standard InChI is InChI=1S/C14H8F2N2O2/c15-9-5-11(16)13(12(19)6-9)14(20)18-10-3-1-2-8(4-10)7-17/h1-6,19H,(H,18,20). The lowest BCUT2D eigenvalue weighted by Gasteiger charge is -2.08. The molecular weight excluding hydrogens is 266 g/mol. The Morgan fingerprint density at radius 3 is 2.65 bits per heavy atom. The number of hydrogen-bond donors (Lipinski definition) is 2. The van der Waals surface area contributed by atoms with Gasteiger partial charge in [0, 0.05) is 17.8 Å². The Morgan fingerprint density at radius 2 is 2.00 bits per heavy atom. The Bertz CT molecular complexity index is 700. The Labute approximate surface area is 112 Å². The molecule has 0 fully saturated rings. The number of nitrogens with zero attached hydrogens (tertiary/aromatic N) is 1. The summed E-state index contributed by atoms with van der Waals surface area (Å²) in [6.45, 7) is 0. The van der Waals surface area contributed by atoms with E-state index >= 15 is 0 Å². The van der Waals surface area contributed by atoms with Crippen LogP contribution in [0.15, 0.2) is 36.4 Å². The number of phenolic OH excluding ortho intramolecular Hbond substituents is 1. The van der Waals surface area contributed by atoms with Crippen LogP contribution >= 0.6 is 0 Å². The maximum Gasteiger partial charge on any atom is 0.262 e. The van der Waals surface area contributed by atoms with Gasteiger partial charge in [0.1, 0.15) is 22.9 Å². The number of carbonyl (C=O) groups is 1. The highest BCUT2D eigenvalue weighted by Crippen LogP contribution is 2.23. The van der Waals surface area contributed by atoms with Gasteiger partial charge < -0.3 is 10.4 Å². The average molecular weight is 274 g/mol. The van der Waals surface area contributed by atoms with E-state index in [0.29, 0.717) is 17.7 Å². The van der Waals surface area contributed by atoms with E-state index in [9.17, 15) is 18.7 Å². The molecule has 100 valence electrons. The lowest BCUT2D eigenvalue weighted by Crippen LogP contribution is -2.14. The topological polar surface area (TPSA) is 73.1 Å². The number of amides is 1. The Kier molecular flexibility index (Phi) is 3.62. The summed E-state index contributed by atoms with van der Waals surface area (Å²) in [6, 6.07) is 8.98. The molecule has 2 aromatic rings. The van der Waals surface area contributed by atoms with Crippen molar-refractivity contribution in [1.29, 1.82) is 5.26 Å². The van der Waals surface area contributed by atoms with Gasteiger partial charge in [-0.05, 0) is 18.2 Å². The lowest BCUT2D eigenvalue weighted by molar-refractivity contribution is 0.102. The fourth-order valence-corrected chi connectivity index (χ4v) is 1.64. The molecule has 2 aromatic carbocycles. The van der Waals surface area contributed by atoms with E-state index in [4.69, 9.17) is 5.26 Å². The van der Waals surface area contributed by atoms with Crippen LogP contribution in [0.3, 0.4) is 0 Å². The summed E-state index contributed by atoms with van der Waals surface area (Å²) in [5.41, 5.74) is -0.0856. The molecule has 6 heteroatoms. The molecule has 2 N–H and O–H groups in total. The van der Waals surface area contributed by atoms with Crippen molar-refractivity contribution in [3.63, 3.8) is 0 Å². The summed E-state index contributed by atoms with van der Waals surface area (Å²) < 4.78 is 26.3. The van der Waals surface area contributed by atoms with Crippen molar-refractivity contribution in [2.24, 2.45) is 0 Å². The molecule has 20 heavy (non-hydrogen) atoms. The van der Waals surface area contributed by atoms with E-state index in [0.717, 1.165) is 0 Å². The molecule has 0 atom stereocenters. The first-order valence-corrected chi connectivity index (χ1v) is 5.51. The SMILES string of the molecule is N#Cc1cccc(NC(=O)c2c(O)cc(F)cc2F)c1. The zero-order valence-electron chi connectivity index (χ0n) is 10.0. The van der Waals surface area contributed by atoms with E-state index in [1.54, 1.807) is 0 Å². The van der Waals surface area contributed by atoms with Gasteiger partial charge in [-0.1, -0.05) is 6.07 Å². The van der Waals surface area contributed by atoms with Crippen LogP contribution < -0.4 is 5.32 Å². The Morgan fingerprint density at radius 1 is 1.25 bits per heavy atom. The molecule has 0 aliphatic heterocycles. The number of aromatic hydroxyl groups is 1. The van der Waals surface area contributed by atoms with Crippen molar-refractivity contribution in [2.45, 2.75) is 0 Å². The third-order valence-electron chi connectivity index (χ3n) is 2.51. The van der Waals surface area contributed by atoms with Crippen LogP contribution in [-0.2, 0) is 0 Å². The number of halogens is 2. The van der Waals surface area contributed by atoms with Gasteiger partial charge in [0.2, 0.25) is 0 Å². The predicted molar refractivity (Wildman–Crippen MR) is 67.1 cm³/mol. The molecule has 0 heterocycles. The average Bonchev–Trinajstić information content (AvgIpc) is 2.37. The summed E-state index contributed by atoms with van der Waals surface area (Å²) in [4.78, 5) is 11.9. The monoisotopic (exact) mass is 274 g/mol. The molecular formula is C14H8F2N2O2. The molecule has 0 saturated carbocycles. The number of rotatable bonds is 2. The minimum atomic E-state index is -1.17. The molecule has 4 nitrogen and oxygen atoms in total. The van der Waals surface area contributed by atoms with Crippen LogP contribution in [0.5, 0.6) is 5.75 Å². The van der Waals surface area contributed by atoms with E-state index in [1.807, 2.05) is 6.07 Å². The van der Waals surface area contributed by atoms with Gasteiger partial charge in [-0.25, -0.2) is 8.78 Å². The molecule has 0 bridgehead atoms. The highest BCUT2D eigenvalue weighted by atomic mass is 19.1. The van der Waals surface area contributed by atoms with Gasteiger partial charge in [-0.15, -0.1) is 0 Å². The van der Waals surface area contributed by atoms with Gasteiger partial charge in [0.05, 0.1) is 11.6 Å². The Hall–Kier alpha value is -2.94. The second-order valence-corrected chi connectivity index (χ2v) is 3.93. The largest absolute Gasteiger partial charge is 0.507 e. The molecule has 0 unspecified atom stereocenters. The van der Waals surface area contributed by atoms with E-state index < -0.39 is 28.9 Å². The number of nitriles is 1. The zero-order valence-corrected chi connectivity index (χ0v) is 10.0. The van der Waals surface area contributed by atoms with Crippen molar-refractivity contribution < 1.29 is 18.7 Å². The second-order valence-electron chi connectivity index (χ2n) is 3.93. The summed E-state index contributed by atoms with van der Waals surface area (Å²) in [5, 5.41) is 20.5. The maximum absolute atomic E-state index is 13.5. The number of anilines is 1. The second kappa shape index (κ2) is 5.36. The molecule has 0 aromatic heterocycles. The molecule has 0 aliphatic carbocycles. The minimum Gasteiger partial charge on any atom is -0.507 e. The lowest BCUT2D eigenvalue weighted by atomic mass is 10.1. The molecule has 0 saturated heterocycles. The number of phenols is 1. The third-order valence-corrected chi connectivity index (χ3v) is 2.51. The highest BCUT2D eigenvalue weighted by Gasteiger charge is 2.18. The van der Waals surface area contributed by atoms with Crippen molar-refractivity contribution in [2.75, 3.05) is 5.32 Å². The van der Waals surface area contributed by atoms with Gasteiger partial charge in [0.25, 0.3) is 5.91 Å². The molecule has 2 rings (SSSR count). The fourth-order valence-electron chi connectivity index (χ4n) is 1.64. The van der Waals surface area contributed by atoms with Crippen molar-refractivity contribution in [3.05, 3.63) is 59.2 Å². The molecule has 1 amide bonds. The van der Waals surface area contributed by atoms with Crippen molar-refractivity contribution in [3.8, 4) is 11.8 Å². The summed E-state index contributed by atoms with van der Waals surface area (Å²) in [6.07, 6.45) is 0. The maximum atomic E-state index is 13.5. The van der Waals surface area contributed by atoms with Gasteiger partial charge in [-0.2, -0.15) is 5.26 Å². The van der Waals surface area contributed by atoms with Crippen LogP contribution in [0.1, 0.15) is 15.9 Å². The number of hydrogen-bond acceptors (Lipinski definition) is 3.